The minimum absolute atomic E-state index is 0.139. The van der Waals surface area contributed by atoms with Crippen molar-refractivity contribution in [2.45, 2.75) is 25.3 Å². The highest BCUT2D eigenvalue weighted by molar-refractivity contribution is 7.13. The summed E-state index contributed by atoms with van der Waals surface area (Å²) in [6, 6.07) is 9.23. The number of ether oxygens (including phenoxy) is 2. The molecular formula is C21H20N4O3S. The largest absolute Gasteiger partial charge is 0.497 e. The number of Topliss-reactive ketones (excluding diaryl/α,β-unsaturated/α-hetero) is 1. The lowest BCUT2D eigenvalue weighted by molar-refractivity contribution is -0.116. The second kappa shape index (κ2) is 7.04. The Morgan fingerprint density at radius 1 is 1.21 bits per heavy atom. The maximum atomic E-state index is 13.0. The molecule has 7 nitrogen and oxygen atoms in total. The fourth-order valence-electron chi connectivity index (χ4n) is 4.00. The maximum absolute atomic E-state index is 13.0. The second-order valence-corrected chi connectivity index (χ2v) is 7.93. The molecule has 1 N–H and O–H groups in total. The van der Waals surface area contributed by atoms with Gasteiger partial charge < -0.3 is 14.8 Å². The van der Waals surface area contributed by atoms with E-state index >= 15 is 0 Å². The molecule has 5 rings (SSSR count). The van der Waals surface area contributed by atoms with E-state index in [-0.39, 0.29) is 5.78 Å². The van der Waals surface area contributed by atoms with Gasteiger partial charge in [0.05, 0.1) is 19.1 Å². The second-order valence-electron chi connectivity index (χ2n) is 6.99. The topological polar surface area (TPSA) is 78.3 Å². The molecule has 1 atom stereocenters. The molecular weight excluding hydrogens is 388 g/mol. The molecule has 1 aliphatic heterocycles. The highest BCUT2D eigenvalue weighted by Crippen LogP contribution is 2.44. The van der Waals surface area contributed by atoms with Crippen LogP contribution in [0.2, 0.25) is 0 Å². The third-order valence-corrected chi connectivity index (χ3v) is 6.21. The third kappa shape index (κ3) is 2.91. The van der Waals surface area contributed by atoms with Crippen molar-refractivity contribution in [3.8, 4) is 22.2 Å². The molecule has 29 heavy (non-hydrogen) atoms. The number of methoxy groups -OCH3 is 2. The summed E-state index contributed by atoms with van der Waals surface area (Å²) in [4.78, 5) is 18.7. The molecule has 0 saturated heterocycles. The van der Waals surface area contributed by atoms with Crippen LogP contribution in [0.4, 0.5) is 5.95 Å². The lowest BCUT2D eigenvalue weighted by Crippen LogP contribution is -2.31. The van der Waals surface area contributed by atoms with Crippen molar-refractivity contribution in [3.63, 3.8) is 0 Å². The van der Waals surface area contributed by atoms with E-state index in [9.17, 15) is 4.79 Å². The number of thiophene rings is 1. The monoisotopic (exact) mass is 408 g/mol. The molecule has 2 aliphatic rings. The summed E-state index contributed by atoms with van der Waals surface area (Å²) in [5.74, 6) is 2.78. The molecule has 0 spiro atoms. The van der Waals surface area contributed by atoms with Gasteiger partial charge in [-0.15, -0.1) is 16.4 Å². The van der Waals surface area contributed by atoms with Crippen molar-refractivity contribution in [1.82, 2.24) is 14.8 Å². The number of anilines is 1. The Hall–Kier alpha value is -3.13. The minimum Gasteiger partial charge on any atom is -0.497 e. The van der Waals surface area contributed by atoms with Gasteiger partial charge in [-0.25, -0.2) is 4.68 Å². The normalized spacial score (nSPS) is 18.1. The summed E-state index contributed by atoms with van der Waals surface area (Å²) in [5, 5.41) is 10.1. The van der Waals surface area contributed by atoms with Crippen LogP contribution in [-0.4, -0.2) is 34.8 Å². The van der Waals surface area contributed by atoms with Crippen molar-refractivity contribution < 1.29 is 14.3 Å². The van der Waals surface area contributed by atoms with Gasteiger partial charge in [-0.3, -0.25) is 4.79 Å². The first-order valence-electron chi connectivity index (χ1n) is 9.45. The van der Waals surface area contributed by atoms with Crippen molar-refractivity contribution >= 4 is 23.1 Å². The first-order chi connectivity index (χ1) is 14.2. The van der Waals surface area contributed by atoms with E-state index < -0.39 is 6.04 Å². The van der Waals surface area contributed by atoms with Crippen LogP contribution in [0.25, 0.3) is 10.7 Å². The molecule has 1 unspecified atom stereocenters. The van der Waals surface area contributed by atoms with Crippen molar-refractivity contribution in [2.75, 3.05) is 19.5 Å². The van der Waals surface area contributed by atoms with Crippen molar-refractivity contribution in [2.24, 2.45) is 0 Å². The van der Waals surface area contributed by atoms with Crippen LogP contribution in [0, 0.1) is 0 Å². The van der Waals surface area contributed by atoms with Crippen molar-refractivity contribution in [3.05, 3.63) is 52.5 Å². The molecule has 0 radical (unpaired) electrons. The standard InChI is InChI=1S/C21H20N4O3S/c1-27-12-8-9-13(16(11-12)28-2)19-18-14(5-3-6-15(18)26)22-21-23-20(24-25(19)21)17-7-4-10-29-17/h4,7-11,19H,3,5-6H2,1-2H3,(H,22,23,24). The molecule has 1 aliphatic carbocycles. The van der Waals surface area contributed by atoms with Crippen LogP contribution < -0.4 is 14.8 Å². The van der Waals surface area contributed by atoms with Crippen LogP contribution in [-0.2, 0) is 4.79 Å². The van der Waals surface area contributed by atoms with Crippen LogP contribution in [0.15, 0.2) is 47.0 Å². The number of hydrogen-bond acceptors (Lipinski definition) is 7. The summed E-state index contributed by atoms with van der Waals surface area (Å²) in [7, 11) is 3.24. The van der Waals surface area contributed by atoms with E-state index in [0.29, 0.717) is 29.7 Å². The number of carbonyl (C=O) groups is 1. The molecule has 0 fully saturated rings. The number of rotatable bonds is 4. The Kier molecular flexibility index (Phi) is 4.35. The predicted molar refractivity (Wildman–Crippen MR) is 111 cm³/mol. The lowest BCUT2D eigenvalue weighted by atomic mass is 9.85. The zero-order valence-electron chi connectivity index (χ0n) is 16.1. The first kappa shape index (κ1) is 17.9. The molecule has 0 saturated carbocycles. The molecule has 0 bridgehead atoms. The number of nitrogens with one attached hydrogen (secondary N) is 1. The van der Waals surface area contributed by atoms with Gasteiger partial charge >= 0.3 is 0 Å². The first-order valence-corrected chi connectivity index (χ1v) is 10.3. The molecule has 1 aromatic carbocycles. The number of fused-ring (bicyclic) bond motifs is 1. The van der Waals surface area contributed by atoms with Crippen LogP contribution in [0.5, 0.6) is 11.5 Å². The number of carbonyl (C=O) groups excluding carboxylic acids is 1. The van der Waals surface area contributed by atoms with Gasteiger partial charge in [0.2, 0.25) is 5.95 Å². The van der Waals surface area contributed by atoms with Crippen molar-refractivity contribution in [1.29, 1.82) is 0 Å². The quantitative estimate of drug-likeness (QED) is 0.702. The predicted octanol–water partition coefficient (Wildman–Crippen LogP) is 4.05. The molecule has 8 heteroatoms. The summed E-state index contributed by atoms with van der Waals surface area (Å²) in [6.45, 7) is 0. The van der Waals surface area contributed by atoms with Gasteiger partial charge in [0.1, 0.15) is 17.5 Å². The molecule has 3 aromatic rings. The van der Waals surface area contributed by atoms with E-state index in [0.717, 1.165) is 34.6 Å². The van der Waals surface area contributed by atoms with E-state index in [2.05, 4.69) is 5.32 Å². The Balaban J connectivity index is 1.71. The fourth-order valence-corrected chi connectivity index (χ4v) is 4.65. The zero-order chi connectivity index (χ0) is 20.0. The van der Waals surface area contributed by atoms with Crippen LogP contribution in [0.3, 0.4) is 0 Å². The average molecular weight is 408 g/mol. The molecule has 0 amide bonds. The fraction of sp³-hybridized carbons (Fsp3) is 0.286. The highest BCUT2D eigenvalue weighted by Gasteiger charge is 2.38. The Morgan fingerprint density at radius 2 is 2.10 bits per heavy atom. The van der Waals surface area contributed by atoms with Gasteiger partial charge in [0, 0.05) is 29.3 Å². The minimum atomic E-state index is -0.392. The molecule has 148 valence electrons. The van der Waals surface area contributed by atoms with E-state index in [1.165, 1.54) is 0 Å². The summed E-state index contributed by atoms with van der Waals surface area (Å²) in [5.41, 5.74) is 2.54. The van der Waals surface area contributed by atoms with Crippen LogP contribution >= 0.6 is 11.3 Å². The summed E-state index contributed by atoms with van der Waals surface area (Å²) < 4.78 is 12.8. The van der Waals surface area contributed by atoms with Gasteiger partial charge in [-0.2, -0.15) is 4.98 Å². The molecule has 3 heterocycles. The SMILES string of the molecule is COc1ccc(C2C3=C(CCCC3=O)Nc3nc(-c4cccs4)nn32)c(OC)c1. The van der Waals surface area contributed by atoms with Gasteiger partial charge in [-0.05, 0) is 36.4 Å². The summed E-state index contributed by atoms with van der Waals surface area (Å²) in [6.07, 6.45) is 2.19. The number of benzene rings is 1. The maximum Gasteiger partial charge on any atom is 0.226 e. The van der Waals surface area contributed by atoms with Gasteiger partial charge in [0.25, 0.3) is 0 Å². The average Bonchev–Trinajstić information content (AvgIpc) is 3.41. The Labute approximate surface area is 172 Å². The Bertz CT molecular complexity index is 1120. The van der Waals surface area contributed by atoms with E-state index in [1.807, 2.05) is 35.7 Å². The smallest absolute Gasteiger partial charge is 0.226 e. The zero-order valence-corrected chi connectivity index (χ0v) is 17.0. The Morgan fingerprint density at radius 3 is 2.86 bits per heavy atom. The number of aromatic nitrogens is 3. The van der Waals surface area contributed by atoms with E-state index in [4.69, 9.17) is 19.6 Å². The summed E-state index contributed by atoms with van der Waals surface area (Å²) >= 11 is 1.59. The van der Waals surface area contributed by atoms with E-state index in [1.54, 1.807) is 30.2 Å². The van der Waals surface area contributed by atoms with Crippen LogP contribution in [0.1, 0.15) is 30.9 Å². The highest BCUT2D eigenvalue weighted by atomic mass is 32.1. The number of nitrogens with zero attached hydrogens (tertiary/aromatic N) is 3. The number of ketones is 1. The molecule has 2 aromatic heterocycles. The third-order valence-electron chi connectivity index (χ3n) is 5.34. The van der Waals surface area contributed by atoms with Gasteiger partial charge in [-0.1, -0.05) is 6.07 Å². The number of allylic oxidation sites excluding steroid dienone is 2. The van der Waals surface area contributed by atoms with Gasteiger partial charge in [0.15, 0.2) is 11.6 Å². The number of hydrogen-bond donors (Lipinski definition) is 1. The lowest BCUT2D eigenvalue weighted by Gasteiger charge is -2.32.